The molecule has 2 aliphatic heterocycles. The molecule has 3 atom stereocenters. The second-order valence-electron chi connectivity index (χ2n) is 8.05. The predicted octanol–water partition coefficient (Wildman–Crippen LogP) is 4.52. The van der Waals surface area contributed by atoms with Crippen molar-refractivity contribution in [2.45, 2.75) is 43.6 Å². The molecule has 0 spiro atoms. The Morgan fingerprint density at radius 3 is 2.55 bits per heavy atom. The van der Waals surface area contributed by atoms with Crippen LogP contribution in [0.5, 0.6) is 5.88 Å². The molecular weight excluding hydrogens is 440 g/mol. The molecule has 3 aromatic rings. The molecule has 1 amide bonds. The molecule has 2 saturated heterocycles. The Bertz CT molecular complexity index is 1170. The summed E-state index contributed by atoms with van der Waals surface area (Å²) >= 11 is 0. The molecule has 4 heterocycles. The fourth-order valence-electron chi connectivity index (χ4n) is 4.62. The van der Waals surface area contributed by atoms with Gasteiger partial charge in [0.15, 0.2) is 5.82 Å². The van der Waals surface area contributed by atoms with Crippen LogP contribution in [0.2, 0.25) is 0 Å². The average molecular weight is 458 g/mol. The second kappa shape index (κ2) is 8.09. The maximum atomic E-state index is 14.1. The first-order valence-electron chi connectivity index (χ1n) is 10.4. The third-order valence-electron chi connectivity index (χ3n) is 6.07. The molecule has 2 aliphatic rings. The smallest absolute Gasteiger partial charge is 0.417 e. The number of rotatable bonds is 4. The van der Waals surface area contributed by atoms with Crippen LogP contribution in [-0.4, -0.2) is 43.9 Å². The van der Waals surface area contributed by atoms with Gasteiger partial charge in [-0.3, -0.25) is 4.79 Å². The highest BCUT2D eigenvalue weighted by molar-refractivity contribution is 6.00. The lowest BCUT2D eigenvalue weighted by Crippen LogP contribution is -2.39. The van der Waals surface area contributed by atoms with E-state index in [9.17, 15) is 22.4 Å². The number of benzene rings is 1. The predicted molar refractivity (Wildman–Crippen MR) is 109 cm³/mol. The molecule has 3 unspecified atom stereocenters. The summed E-state index contributed by atoms with van der Waals surface area (Å²) in [5, 5.41) is 0. The van der Waals surface area contributed by atoms with Crippen LogP contribution in [0.15, 0.2) is 55.0 Å². The summed E-state index contributed by atoms with van der Waals surface area (Å²) in [5.74, 6) is -0.520. The SMILES string of the molecule is O=C(c1cc(F)ccc1-c1ncccn1)N1C2CCC1C(Oc1ccc(C(F)(F)F)cn1)C2. The quantitative estimate of drug-likeness (QED) is 0.538. The average Bonchev–Trinajstić information content (AvgIpc) is 3.36. The van der Waals surface area contributed by atoms with E-state index in [0.717, 1.165) is 18.7 Å². The molecular formula is C23H18F4N4O2. The monoisotopic (exact) mass is 458 g/mol. The Labute approximate surface area is 186 Å². The van der Waals surface area contributed by atoms with Gasteiger partial charge < -0.3 is 9.64 Å². The first-order valence-corrected chi connectivity index (χ1v) is 10.4. The van der Waals surface area contributed by atoms with Gasteiger partial charge in [-0.15, -0.1) is 0 Å². The Balaban J connectivity index is 1.39. The first-order chi connectivity index (χ1) is 15.8. The van der Waals surface area contributed by atoms with Crippen LogP contribution in [0.25, 0.3) is 11.4 Å². The first kappa shape index (κ1) is 21.3. The summed E-state index contributed by atoms with van der Waals surface area (Å²) < 4.78 is 58.3. The molecule has 2 aromatic heterocycles. The second-order valence-corrected chi connectivity index (χ2v) is 8.05. The van der Waals surface area contributed by atoms with Crippen LogP contribution in [0.1, 0.15) is 35.2 Å². The van der Waals surface area contributed by atoms with Gasteiger partial charge in [-0.05, 0) is 43.2 Å². The van der Waals surface area contributed by atoms with Gasteiger partial charge in [-0.2, -0.15) is 13.2 Å². The van der Waals surface area contributed by atoms with E-state index in [1.165, 1.54) is 24.3 Å². The number of carbonyl (C=O) groups excluding carboxylic acids is 1. The summed E-state index contributed by atoms with van der Waals surface area (Å²) in [6.45, 7) is 0. The van der Waals surface area contributed by atoms with Gasteiger partial charge in [0.25, 0.3) is 5.91 Å². The Hall–Kier alpha value is -3.56. The van der Waals surface area contributed by atoms with E-state index >= 15 is 0 Å². The fourth-order valence-corrected chi connectivity index (χ4v) is 4.62. The van der Waals surface area contributed by atoms with Gasteiger partial charge in [0.2, 0.25) is 5.88 Å². The van der Waals surface area contributed by atoms with Gasteiger partial charge in [0.05, 0.1) is 17.2 Å². The molecule has 6 nitrogen and oxygen atoms in total. The largest absolute Gasteiger partial charge is 0.472 e. The van der Waals surface area contributed by atoms with Crippen LogP contribution >= 0.6 is 0 Å². The topological polar surface area (TPSA) is 68.2 Å². The van der Waals surface area contributed by atoms with Crippen molar-refractivity contribution in [2.24, 2.45) is 0 Å². The summed E-state index contributed by atoms with van der Waals surface area (Å²) in [7, 11) is 0. The lowest BCUT2D eigenvalue weighted by atomic mass is 9.98. The van der Waals surface area contributed by atoms with E-state index in [0.29, 0.717) is 24.2 Å². The lowest BCUT2D eigenvalue weighted by molar-refractivity contribution is -0.137. The van der Waals surface area contributed by atoms with E-state index in [4.69, 9.17) is 4.74 Å². The maximum Gasteiger partial charge on any atom is 0.417 e. The molecule has 170 valence electrons. The summed E-state index contributed by atoms with van der Waals surface area (Å²) in [6.07, 6.45) is 0.877. The summed E-state index contributed by atoms with van der Waals surface area (Å²) in [5.41, 5.74) is -0.275. The van der Waals surface area contributed by atoms with E-state index in [2.05, 4.69) is 15.0 Å². The minimum Gasteiger partial charge on any atom is -0.472 e. The third-order valence-corrected chi connectivity index (χ3v) is 6.07. The number of ether oxygens (including phenoxy) is 1. The minimum atomic E-state index is -4.48. The van der Waals surface area contributed by atoms with Crippen molar-refractivity contribution in [1.82, 2.24) is 19.9 Å². The van der Waals surface area contributed by atoms with E-state index in [1.54, 1.807) is 23.4 Å². The number of pyridine rings is 1. The number of aromatic nitrogens is 3. The van der Waals surface area contributed by atoms with Crippen LogP contribution in [0, 0.1) is 5.82 Å². The van der Waals surface area contributed by atoms with Crippen molar-refractivity contribution in [2.75, 3.05) is 0 Å². The van der Waals surface area contributed by atoms with E-state index < -0.39 is 23.7 Å². The highest BCUT2D eigenvalue weighted by atomic mass is 19.4. The lowest BCUT2D eigenvalue weighted by Gasteiger charge is -2.25. The number of halogens is 4. The Kier molecular flexibility index (Phi) is 5.22. The normalized spacial score (nSPS) is 21.9. The number of nitrogens with zero attached hydrogens (tertiary/aromatic N) is 4. The van der Waals surface area contributed by atoms with Crippen LogP contribution in [0.3, 0.4) is 0 Å². The van der Waals surface area contributed by atoms with Crippen molar-refractivity contribution in [3.8, 4) is 17.3 Å². The van der Waals surface area contributed by atoms with Gasteiger partial charge in [0, 0.05) is 42.7 Å². The Morgan fingerprint density at radius 1 is 1.06 bits per heavy atom. The van der Waals surface area contributed by atoms with Crippen LogP contribution < -0.4 is 4.74 Å². The zero-order valence-electron chi connectivity index (χ0n) is 17.2. The molecule has 0 saturated carbocycles. The molecule has 2 bridgehead atoms. The number of hydrogen-bond acceptors (Lipinski definition) is 5. The zero-order chi connectivity index (χ0) is 23.2. The Morgan fingerprint density at radius 2 is 1.85 bits per heavy atom. The number of alkyl halides is 3. The molecule has 0 N–H and O–H groups in total. The maximum absolute atomic E-state index is 14.1. The third kappa shape index (κ3) is 4.01. The van der Waals surface area contributed by atoms with Gasteiger partial charge in [-0.25, -0.2) is 19.3 Å². The fraction of sp³-hybridized carbons (Fsp3) is 0.304. The van der Waals surface area contributed by atoms with Crippen LogP contribution in [-0.2, 0) is 6.18 Å². The van der Waals surface area contributed by atoms with E-state index in [-0.39, 0.29) is 29.4 Å². The number of hydrogen-bond donors (Lipinski definition) is 0. The van der Waals surface area contributed by atoms with Crippen molar-refractivity contribution in [3.63, 3.8) is 0 Å². The standard InChI is InChI=1S/C23H18F4N4O2/c24-14-3-5-16(21-28-8-1-9-29-21)17(10-14)22(32)31-15-4-6-18(31)19(11-15)33-20-7-2-13(12-30-20)23(25,26)27/h1-3,5,7-10,12,15,18-19H,4,6,11H2. The van der Waals surface area contributed by atoms with Crippen molar-refractivity contribution in [1.29, 1.82) is 0 Å². The molecule has 1 aromatic carbocycles. The number of carbonyl (C=O) groups is 1. The highest BCUT2D eigenvalue weighted by Gasteiger charge is 2.50. The van der Waals surface area contributed by atoms with Gasteiger partial charge >= 0.3 is 6.18 Å². The zero-order valence-corrected chi connectivity index (χ0v) is 17.2. The van der Waals surface area contributed by atoms with Crippen LogP contribution in [0.4, 0.5) is 17.6 Å². The molecule has 0 radical (unpaired) electrons. The van der Waals surface area contributed by atoms with Crippen molar-refractivity contribution < 1.29 is 27.1 Å². The van der Waals surface area contributed by atoms with Gasteiger partial charge in [-0.1, -0.05) is 0 Å². The molecule has 2 fully saturated rings. The molecule has 10 heteroatoms. The van der Waals surface area contributed by atoms with E-state index in [1.807, 2.05) is 0 Å². The molecule has 0 aliphatic carbocycles. The number of amides is 1. The highest BCUT2D eigenvalue weighted by Crippen LogP contribution is 2.41. The van der Waals surface area contributed by atoms with Gasteiger partial charge in [0.1, 0.15) is 11.9 Å². The molecule has 5 rings (SSSR count). The number of fused-ring (bicyclic) bond motifs is 2. The summed E-state index contributed by atoms with van der Waals surface area (Å²) in [4.78, 5) is 27.3. The minimum absolute atomic E-state index is 0.0667. The van der Waals surface area contributed by atoms with Crippen molar-refractivity contribution >= 4 is 5.91 Å². The molecule has 33 heavy (non-hydrogen) atoms. The summed E-state index contributed by atoms with van der Waals surface area (Å²) in [6, 6.07) is 7.25. The van der Waals surface area contributed by atoms with Crippen molar-refractivity contribution in [3.05, 3.63) is 71.9 Å².